The summed E-state index contributed by atoms with van der Waals surface area (Å²) in [6.45, 7) is 1.53. The van der Waals surface area contributed by atoms with E-state index in [1.54, 1.807) is 24.3 Å². The number of hydrogen-bond acceptors (Lipinski definition) is 7. The molecule has 0 unspecified atom stereocenters. The normalized spacial score (nSPS) is 13.4. The van der Waals surface area contributed by atoms with Gasteiger partial charge in [0.15, 0.2) is 11.6 Å². The Morgan fingerprint density at radius 2 is 1.85 bits per heavy atom. The molecule has 4 rings (SSSR count). The lowest BCUT2D eigenvalue weighted by Gasteiger charge is -2.15. The SMILES string of the molecule is CCS(=O)(=O)Nc1ccccc1Nc1nc(Nc2cc(C(=O)CC3CC3)ccc2F)ncc1Cl. The number of para-hydroxylation sites is 2. The number of nitrogens with one attached hydrogen (secondary N) is 3. The first-order valence-electron chi connectivity index (χ1n) is 10.7. The minimum atomic E-state index is -3.50. The monoisotopic (exact) mass is 503 g/mol. The van der Waals surface area contributed by atoms with Crippen LogP contribution in [0.3, 0.4) is 0 Å². The van der Waals surface area contributed by atoms with Gasteiger partial charge in [-0.15, -0.1) is 0 Å². The Bertz CT molecular complexity index is 1330. The Kier molecular flexibility index (Phi) is 6.99. The van der Waals surface area contributed by atoms with E-state index in [0.717, 1.165) is 12.8 Å². The second kappa shape index (κ2) is 9.94. The zero-order chi connectivity index (χ0) is 24.3. The molecule has 0 atom stereocenters. The van der Waals surface area contributed by atoms with E-state index in [-0.39, 0.29) is 34.0 Å². The van der Waals surface area contributed by atoms with Crippen LogP contribution < -0.4 is 15.4 Å². The van der Waals surface area contributed by atoms with Crippen molar-refractivity contribution in [1.29, 1.82) is 0 Å². The second-order valence-electron chi connectivity index (χ2n) is 7.96. The van der Waals surface area contributed by atoms with Gasteiger partial charge >= 0.3 is 0 Å². The fourth-order valence-electron chi connectivity index (χ4n) is 3.18. The van der Waals surface area contributed by atoms with E-state index in [1.807, 2.05) is 0 Å². The van der Waals surface area contributed by atoms with Crippen LogP contribution in [0.4, 0.5) is 33.2 Å². The number of carbonyl (C=O) groups is 1. The molecule has 0 bridgehead atoms. The fraction of sp³-hybridized carbons (Fsp3) is 0.261. The van der Waals surface area contributed by atoms with E-state index in [2.05, 4.69) is 25.3 Å². The number of carbonyl (C=O) groups excluding carboxylic acids is 1. The predicted molar refractivity (Wildman–Crippen MR) is 131 cm³/mol. The molecule has 0 aliphatic heterocycles. The third-order valence-electron chi connectivity index (χ3n) is 5.28. The van der Waals surface area contributed by atoms with Gasteiger partial charge in [-0.1, -0.05) is 23.7 Å². The Hall–Kier alpha value is -3.24. The maximum Gasteiger partial charge on any atom is 0.232 e. The number of hydrogen-bond donors (Lipinski definition) is 3. The number of aromatic nitrogens is 2. The summed E-state index contributed by atoms with van der Waals surface area (Å²) in [6.07, 6.45) is 3.89. The van der Waals surface area contributed by atoms with Gasteiger partial charge in [-0.2, -0.15) is 4.98 Å². The number of ketones is 1. The molecule has 0 radical (unpaired) electrons. The van der Waals surface area contributed by atoms with Crippen molar-refractivity contribution in [2.45, 2.75) is 26.2 Å². The van der Waals surface area contributed by atoms with Crippen molar-refractivity contribution in [3.8, 4) is 0 Å². The molecular weight excluding hydrogens is 481 g/mol. The van der Waals surface area contributed by atoms with Gasteiger partial charge in [0.1, 0.15) is 10.8 Å². The van der Waals surface area contributed by atoms with Gasteiger partial charge in [0.2, 0.25) is 16.0 Å². The molecule has 0 saturated heterocycles. The summed E-state index contributed by atoms with van der Waals surface area (Å²) in [5.41, 5.74) is 1.22. The van der Waals surface area contributed by atoms with Crippen LogP contribution in [0.1, 0.15) is 36.5 Å². The van der Waals surface area contributed by atoms with Crippen LogP contribution in [0.2, 0.25) is 5.02 Å². The maximum absolute atomic E-state index is 14.4. The quantitative estimate of drug-likeness (QED) is 0.313. The Labute approximate surface area is 202 Å². The van der Waals surface area contributed by atoms with E-state index in [4.69, 9.17) is 11.6 Å². The van der Waals surface area contributed by atoms with Crippen LogP contribution in [0.5, 0.6) is 0 Å². The molecule has 1 heterocycles. The zero-order valence-corrected chi connectivity index (χ0v) is 19.9. The summed E-state index contributed by atoms with van der Waals surface area (Å²) in [7, 11) is -3.50. The molecule has 11 heteroatoms. The Morgan fingerprint density at radius 3 is 2.56 bits per heavy atom. The number of halogens is 2. The summed E-state index contributed by atoms with van der Waals surface area (Å²) in [6, 6.07) is 10.8. The Morgan fingerprint density at radius 1 is 1.12 bits per heavy atom. The molecule has 2 aromatic carbocycles. The standard InChI is InChI=1S/C23H23ClFN5O3S/c1-2-34(32,33)30-19-6-4-3-5-18(19)27-22-16(24)13-26-23(29-22)28-20-12-15(9-10-17(20)25)21(31)11-14-7-8-14/h3-6,9-10,12-14,30H,2,7-8,11H2,1H3,(H2,26,27,28,29). The Balaban J connectivity index is 1.56. The summed E-state index contributed by atoms with van der Waals surface area (Å²) in [5, 5.41) is 5.95. The molecule has 1 aliphatic rings. The lowest BCUT2D eigenvalue weighted by Crippen LogP contribution is -2.15. The molecule has 178 valence electrons. The molecule has 8 nitrogen and oxygen atoms in total. The van der Waals surface area contributed by atoms with Crippen molar-refractivity contribution in [3.63, 3.8) is 0 Å². The van der Waals surface area contributed by atoms with Gasteiger partial charge < -0.3 is 10.6 Å². The van der Waals surface area contributed by atoms with Gasteiger partial charge in [-0.3, -0.25) is 9.52 Å². The lowest BCUT2D eigenvalue weighted by atomic mass is 10.1. The molecule has 3 N–H and O–H groups in total. The van der Waals surface area contributed by atoms with Crippen LogP contribution in [0.25, 0.3) is 0 Å². The van der Waals surface area contributed by atoms with Crippen molar-refractivity contribution in [2.24, 2.45) is 5.92 Å². The van der Waals surface area contributed by atoms with Crippen LogP contribution in [-0.2, 0) is 10.0 Å². The molecule has 1 aromatic heterocycles. The summed E-state index contributed by atoms with van der Waals surface area (Å²) in [5.74, 6) is -0.0246. The van der Waals surface area contributed by atoms with Crippen LogP contribution in [0.15, 0.2) is 48.7 Å². The van der Waals surface area contributed by atoms with E-state index < -0.39 is 15.8 Å². The highest BCUT2D eigenvalue weighted by Crippen LogP contribution is 2.34. The average molecular weight is 504 g/mol. The molecule has 34 heavy (non-hydrogen) atoms. The maximum atomic E-state index is 14.4. The number of Topliss-reactive ketones (excluding diaryl/α,β-unsaturated/α-hetero) is 1. The van der Waals surface area contributed by atoms with Crippen LogP contribution in [-0.4, -0.2) is 29.9 Å². The van der Waals surface area contributed by atoms with E-state index in [0.29, 0.717) is 29.3 Å². The molecule has 1 aliphatic carbocycles. The fourth-order valence-corrected chi connectivity index (χ4v) is 3.98. The van der Waals surface area contributed by atoms with E-state index >= 15 is 0 Å². The van der Waals surface area contributed by atoms with Gasteiger partial charge in [0, 0.05) is 12.0 Å². The van der Waals surface area contributed by atoms with Crippen molar-refractivity contribution in [2.75, 3.05) is 21.1 Å². The van der Waals surface area contributed by atoms with Gasteiger partial charge in [-0.05, 0) is 56.0 Å². The summed E-state index contributed by atoms with van der Waals surface area (Å²) < 4.78 is 40.9. The number of nitrogens with zero attached hydrogens (tertiary/aromatic N) is 2. The van der Waals surface area contributed by atoms with Gasteiger partial charge in [0.05, 0.1) is 29.0 Å². The minimum Gasteiger partial charge on any atom is -0.337 e. The predicted octanol–water partition coefficient (Wildman–Crippen LogP) is 5.50. The van der Waals surface area contributed by atoms with Crippen LogP contribution >= 0.6 is 11.6 Å². The van der Waals surface area contributed by atoms with E-state index in [1.165, 1.54) is 31.3 Å². The molecule has 0 amide bonds. The summed E-state index contributed by atoms with van der Waals surface area (Å²) in [4.78, 5) is 20.8. The molecule has 1 fully saturated rings. The van der Waals surface area contributed by atoms with Gasteiger partial charge in [0.25, 0.3) is 0 Å². The van der Waals surface area contributed by atoms with E-state index in [9.17, 15) is 17.6 Å². The number of benzene rings is 2. The number of rotatable bonds is 10. The highest BCUT2D eigenvalue weighted by Gasteiger charge is 2.25. The van der Waals surface area contributed by atoms with Crippen molar-refractivity contribution >= 4 is 56.2 Å². The smallest absolute Gasteiger partial charge is 0.232 e. The zero-order valence-electron chi connectivity index (χ0n) is 18.3. The summed E-state index contributed by atoms with van der Waals surface area (Å²) >= 11 is 6.24. The molecule has 1 saturated carbocycles. The topological polar surface area (TPSA) is 113 Å². The first-order valence-corrected chi connectivity index (χ1v) is 12.8. The van der Waals surface area contributed by atoms with Crippen molar-refractivity contribution in [1.82, 2.24) is 9.97 Å². The van der Waals surface area contributed by atoms with Crippen molar-refractivity contribution in [3.05, 3.63) is 65.1 Å². The minimum absolute atomic E-state index is 0.0314. The third-order valence-corrected chi connectivity index (χ3v) is 6.84. The number of sulfonamides is 1. The second-order valence-corrected chi connectivity index (χ2v) is 10.4. The highest BCUT2D eigenvalue weighted by molar-refractivity contribution is 7.92. The first-order chi connectivity index (χ1) is 16.2. The first kappa shape index (κ1) is 23.9. The number of anilines is 5. The third kappa shape index (κ3) is 6.00. The lowest BCUT2D eigenvalue weighted by molar-refractivity contribution is 0.0976. The van der Waals surface area contributed by atoms with Crippen LogP contribution in [0, 0.1) is 11.7 Å². The van der Waals surface area contributed by atoms with Gasteiger partial charge in [-0.25, -0.2) is 17.8 Å². The van der Waals surface area contributed by atoms with Crippen molar-refractivity contribution < 1.29 is 17.6 Å². The largest absolute Gasteiger partial charge is 0.337 e. The average Bonchev–Trinajstić information content (AvgIpc) is 3.62. The highest BCUT2D eigenvalue weighted by atomic mass is 35.5. The molecule has 0 spiro atoms. The molecular formula is C23H23ClFN5O3S. The molecule has 3 aromatic rings.